The van der Waals surface area contributed by atoms with Crippen molar-refractivity contribution in [1.29, 1.82) is 0 Å². The molecule has 0 bridgehead atoms. The smallest absolute Gasteiger partial charge is 0.0831 e. The van der Waals surface area contributed by atoms with Gasteiger partial charge in [-0.15, -0.1) is 0 Å². The zero-order valence-electron chi connectivity index (χ0n) is 12.6. The summed E-state index contributed by atoms with van der Waals surface area (Å²) < 4.78 is 3.10. The van der Waals surface area contributed by atoms with Gasteiger partial charge in [0, 0.05) is 17.0 Å². The lowest BCUT2D eigenvalue weighted by molar-refractivity contribution is 0.643. The highest BCUT2D eigenvalue weighted by Gasteiger charge is 2.20. The van der Waals surface area contributed by atoms with Crippen molar-refractivity contribution >= 4 is 27.5 Å². The Balaban J connectivity index is 2.55. The van der Waals surface area contributed by atoms with Gasteiger partial charge >= 0.3 is 0 Å². The number of aryl methyl sites for hydroxylation is 1. The Morgan fingerprint density at radius 3 is 2.57 bits per heavy atom. The molecule has 1 aromatic carbocycles. The van der Waals surface area contributed by atoms with Crippen LogP contribution in [0.4, 0.5) is 0 Å². The quantitative estimate of drug-likeness (QED) is 0.644. The second kappa shape index (κ2) is 7.28. The van der Waals surface area contributed by atoms with Gasteiger partial charge in [-0.05, 0) is 29.3 Å². The molecule has 0 radical (unpaired) electrons. The molecule has 1 unspecified atom stereocenters. The molecule has 0 fully saturated rings. The van der Waals surface area contributed by atoms with Crippen molar-refractivity contribution in [2.75, 3.05) is 0 Å². The van der Waals surface area contributed by atoms with Gasteiger partial charge in [0.25, 0.3) is 0 Å². The van der Waals surface area contributed by atoms with E-state index in [1.54, 1.807) is 0 Å². The fraction of sp³-hybridized carbons (Fsp3) is 0.353. The van der Waals surface area contributed by atoms with E-state index in [9.17, 15) is 0 Å². The van der Waals surface area contributed by atoms with Crippen LogP contribution in [0.1, 0.15) is 37.4 Å². The van der Waals surface area contributed by atoms with E-state index >= 15 is 0 Å². The van der Waals surface area contributed by atoms with Crippen molar-refractivity contribution in [2.24, 2.45) is 0 Å². The molecule has 4 heteroatoms. The van der Waals surface area contributed by atoms with Gasteiger partial charge in [-0.3, -0.25) is 4.68 Å². The molecule has 0 saturated heterocycles. The number of hydrogen-bond donors (Lipinski definition) is 0. The van der Waals surface area contributed by atoms with E-state index in [4.69, 9.17) is 16.7 Å². The number of benzene rings is 1. The third kappa shape index (κ3) is 3.58. The van der Waals surface area contributed by atoms with Gasteiger partial charge in [-0.2, -0.15) is 5.10 Å². The van der Waals surface area contributed by atoms with Crippen LogP contribution >= 0.6 is 27.5 Å². The van der Waals surface area contributed by atoms with Crippen molar-refractivity contribution in [2.45, 2.75) is 39.7 Å². The number of rotatable bonds is 5. The largest absolute Gasteiger partial charge is 0.260 e. The summed E-state index contributed by atoms with van der Waals surface area (Å²) >= 11 is 9.42. The van der Waals surface area contributed by atoms with Gasteiger partial charge in [0.15, 0.2) is 0 Å². The van der Waals surface area contributed by atoms with Crippen LogP contribution in [-0.2, 0) is 6.54 Å². The fourth-order valence-electron chi connectivity index (χ4n) is 2.23. The minimum Gasteiger partial charge on any atom is -0.260 e. The van der Waals surface area contributed by atoms with Crippen LogP contribution < -0.4 is 0 Å². The summed E-state index contributed by atoms with van der Waals surface area (Å²) in [6.07, 6.45) is 2.97. The third-order valence-corrected chi connectivity index (χ3v) is 4.65. The maximum absolute atomic E-state index is 5.67. The van der Waals surface area contributed by atoms with E-state index < -0.39 is 0 Å². The standard InChI is InChI=1S/C17H20BrClN2/c1-4-13(3)16-15(18)17(21(20-16)11-5-10-19)14-8-6-12(2)7-9-14/h5-10,13H,4,11H2,1-3H3/b10-5+. The molecule has 0 N–H and O–H groups in total. The number of aromatic nitrogens is 2. The van der Waals surface area contributed by atoms with Gasteiger partial charge in [0.1, 0.15) is 0 Å². The summed E-state index contributed by atoms with van der Waals surface area (Å²) in [5, 5.41) is 4.78. The summed E-state index contributed by atoms with van der Waals surface area (Å²) in [6, 6.07) is 8.52. The first-order valence-corrected chi connectivity index (χ1v) is 8.39. The second-order valence-corrected chi connectivity index (χ2v) is 6.31. The monoisotopic (exact) mass is 366 g/mol. The molecule has 0 aliphatic carbocycles. The Hall–Kier alpha value is -1.06. The van der Waals surface area contributed by atoms with Crippen LogP contribution in [0.25, 0.3) is 11.3 Å². The van der Waals surface area contributed by atoms with Crippen LogP contribution in [0, 0.1) is 6.92 Å². The van der Waals surface area contributed by atoms with Crippen LogP contribution in [0.5, 0.6) is 0 Å². The lowest BCUT2D eigenvalue weighted by Gasteiger charge is -2.06. The maximum atomic E-state index is 5.67. The number of halogens is 2. The van der Waals surface area contributed by atoms with Crippen molar-refractivity contribution in [1.82, 2.24) is 9.78 Å². The second-order valence-electron chi connectivity index (χ2n) is 5.27. The van der Waals surface area contributed by atoms with Crippen molar-refractivity contribution < 1.29 is 0 Å². The minimum atomic E-state index is 0.421. The summed E-state index contributed by atoms with van der Waals surface area (Å²) in [7, 11) is 0. The molecule has 0 saturated carbocycles. The van der Waals surface area contributed by atoms with Crippen LogP contribution in [0.3, 0.4) is 0 Å². The highest BCUT2D eigenvalue weighted by Crippen LogP contribution is 2.35. The van der Waals surface area contributed by atoms with Crippen molar-refractivity contribution in [3.8, 4) is 11.3 Å². The average Bonchev–Trinajstić information content (AvgIpc) is 2.82. The lowest BCUT2D eigenvalue weighted by Crippen LogP contribution is -2.01. The topological polar surface area (TPSA) is 17.8 Å². The Morgan fingerprint density at radius 1 is 1.33 bits per heavy atom. The highest BCUT2D eigenvalue weighted by molar-refractivity contribution is 9.10. The van der Waals surface area contributed by atoms with Crippen LogP contribution in [-0.4, -0.2) is 9.78 Å². The van der Waals surface area contributed by atoms with Crippen LogP contribution in [0.2, 0.25) is 0 Å². The molecule has 2 nitrogen and oxygen atoms in total. The molecule has 2 rings (SSSR count). The molecular formula is C17H20BrClN2. The Kier molecular flexibility index (Phi) is 5.65. The highest BCUT2D eigenvalue weighted by atomic mass is 79.9. The van der Waals surface area contributed by atoms with E-state index in [0.29, 0.717) is 12.5 Å². The molecule has 1 aromatic heterocycles. The van der Waals surface area contributed by atoms with Gasteiger partial charge in [0.2, 0.25) is 0 Å². The van der Waals surface area contributed by atoms with Crippen molar-refractivity contribution in [3.05, 3.63) is 51.6 Å². The molecule has 2 aromatic rings. The first-order chi connectivity index (χ1) is 10.1. The van der Waals surface area contributed by atoms with Gasteiger partial charge in [-0.25, -0.2) is 0 Å². The number of nitrogens with zero attached hydrogens (tertiary/aromatic N) is 2. The summed E-state index contributed by atoms with van der Waals surface area (Å²) in [4.78, 5) is 0. The third-order valence-electron chi connectivity index (χ3n) is 3.69. The SMILES string of the molecule is CCC(C)c1nn(C/C=C/Cl)c(-c2ccc(C)cc2)c1Br. The number of allylic oxidation sites excluding steroid dienone is 1. The predicted octanol–water partition coefficient (Wildman–Crippen LogP) is 5.89. The van der Waals surface area contributed by atoms with Crippen molar-refractivity contribution in [3.63, 3.8) is 0 Å². The van der Waals surface area contributed by atoms with E-state index in [2.05, 4.69) is 61.0 Å². The summed E-state index contributed by atoms with van der Waals surface area (Å²) in [6.45, 7) is 7.15. The molecule has 0 amide bonds. The molecule has 112 valence electrons. The minimum absolute atomic E-state index is 0.421. The summed E-state index contributed by atoms with van der Waals surface area (Å²) in [5.74, 6) is 0.421. The Morgan fingerprint density at radius 2 is 2.00 bits per heavy atom. The van der Waals surface area contributed by atoms with Gasteiger partial charge in [-0.1, -0.05) is 61.4 Å². The van der Waals surface area contributed by atoms with E-state index in [1.807, 2.05) is 10.8 Å². The van der Waals surface area contributed by atoms with Gasteiger partial charge < -0.3 is 0 Å². The Bertz CT molecular complexity index is 629. The first-order valence-electron chi connectivity index (χ1n) is 7.16. The average molecular weight is 368 g/mol. The lowest BCUT2D eigenvalue weighted by atomic mass is 10.0. The predicted molar refractivity (Wildman–Crippen MR) is 93.8 cm³/mol. The first kappa shape index (κ1) is 16.3. The van der Waals surface area contributed by atoms with E-state index in [0.717, 1.165) is 27.8 Å². The fourth-order valence-corrected chi connectivity index (χ4v) is 3.21. The molecule has 1 atom stereocenters. The molecule has 0 spiro atoms. The molecule has 0 aliphatic heterocycles. The molecule has 0 aliphatic rings. The van der Waals surface area contributed by atoms with Crippen LogP contribution in [0.15, 0.2) is 40.3 Å². The zero-order valence-corrected chi connectivity index (χ0v) is 14.9. The maximum Gasteiger partial charge on any atom is 0.0831 e. The Labute approximate surface area is 139 Å². The molecule has 1 heterocycles. The number of hydrogen-bond acceptors (Lipinski definition) is 1. The molecule has 21 heavy (non-hydrogen) atoms. The summed E-state index contributed by atoms with van der Waals surface area (Å²) in [5.41, 5.74) is 6.18. The van der Waals surface area contributed by atoms with E-state index in [1.165, 1.54) is 11.1 Å². The van der Waals surface area contributed by atoms with E-state index in [-0.39, 0.29) is 0 Å². The van der Waals surface area contributed by atoms with Gasteiger partial charge in [0.05, 0.1) is 22.4 Å². The normalized spacial score (nSPS) is 13.0. The molecular weight excluding hydrogens is 348 g/mol. The zero-order chi connectivity index (χ0) is 15.4.